The van der Waals surface area contributed by atoms with Crippen LogP contribution in [0.15, 0.2) is 34.9 Å². The van der Waals surface area contributed by atoms with Crippen LogP contribution >= 0.6 is 15.9 Å². The van der Waals surface area contributed by atoms with E-state index in [-0.39, 0.29) is 18.6 Å². The monoisotopic (exact) mass is 408 g/mol. The number of benzene rings is 1. The Balaban J connectivity index is 1.90. The van der Waals surface area contributed by atoms with E-state index in [0.29, 0.717) is 36.7 Å². The molecule has 0 saturated heterocycles. The minimum absolute atomic E-state index is 0.0299. The van der Waals surface area contributed by atoms with Gasteiger partial charge in [-0.25, -0.2) is 0 Å². The summed E-state index contributed by atoms with van der Waals surface area (Å²) in [6.45, 7) is 1.05. The number of amides is 1. The lowest BCUT2D eigenvalue weighted by Crippen LogP contribution is -2.42. The van der Waals surface area contributed by atoms with Crippen molar-refractivity contribution in [1.29, 1.82) is 0 Å². The van der Waals surface area contributed by atoms with E-state index in [1.165, 1.54) is 0 Å². The molecule has 25 heavy (non-hydrogen) atoms. The Morgan fingerprint density at radius 3 is 2.72 bits per heavy atom. The normalized spacial score (nSPS) is 16.7. The van der Waals surface area contributed by atoms with E-state index in [1.807, 2.05) is 34.9 Å². The zero-order valence-electron chi connectivity index (χ0n) is 14.2. The Labute approximate surface area is 155 Å². The van der Waals surface area contributed by atoms with E-state index in [2.05, 4.69) is 15.9 Å². The summed E-state index contributed by atoms with van der Waals surface area (Å²) in [4.78, 5) is 14.7. The highest BCUT2D eigenvalue weighted by molar-refractivity contribution is 9.10. The molecule has 1 atom stereocenters. The number of nitrogens with zero attached hydrogens (tertiary/aromatic N) is 2. The second-order valence-corrected chi connectivity index (χ2v) is 6.75. The number of ether oxygens (including phenoxy) is 2. The third-order valence-electron chi connectivity index (χ3n) is 4.49. The highest BCUT2D eigenvalue weighted by Gasteiger charge is 2.32. The van der Waals surface area contributed by atoms with Crippen LogP contribution in [0.4, 0.5) is 0 Å². The number of aliphatic hydroxyl groups excluding tert-OH is 1. The summed E-state index contributed by atoms with van der Waals surface area (Å²) < 4.78 is 13.5. The highest BCUT2D eigenvalue weighted by Crippen LogP contribution is 2.32. The van der Waals surface area contributed by atoms with Crippen LogP contribution in [0.2, 0.25) is 0 Å². The van der Waals surface area contributed by atoms with E-state index < -0.39 is 0 Å². The predicted octanol–water partition coefficient (Wildman–Crippen LogP) is 2.85. The van der Waals surface area contributed by atoms with E-state index in [4.69, 9.17) is 9.47 Å². The summed E-state index contributed by atoms with van der Waals surface area (Å²) in [5, 5.41) is 9.39. The standard InChI is InChI=1S/C18H21BrN2O4/c1-24-14-4-3-12(16(9-14)25-2)10-20-11-13(7-8-22)21-15(18(20)23)5-6-17(21)19/h3-6,9,13,22H,7-8,10-11H2,1-2H3/t13-/m0/s1. The number of hydrogen-bond acceptors (Lipinski definition) is 4. The molecule has 1 amide bonds. The number of aliphatic hydroxyl groups is 1. The summed E-state index contributed by atoms with van der Waals surface area (Å²) in [5.74, 6) is 1.37. The van der Waals surface area contributed by atoms with Gasteiger partial charge in [-0.05, 0) is 46.6 Å². The summed E-state index contributed by atoms with van der Waals surface area (Å²) in [5.41, 5.74) is 1.54. The molecule has 3 rings (SSSR count). The van der Waals surface area contributed by atoms with Crippen molar-refractivity contribution in [3.8, 4) is 11.5 Å². The van der Waals surface area contributed by atoms with Crippen molar-refractivity contribution in [3.05, 3.63) is 46.2 Å². The summed E-state index contributed by atoms with van der Waals surface area (Å²) in [6, 6.07) is 9.30. The van der Waals surface area contributed by atoms with Gasteiger partial charge < -0.3 is 24.0 Å². The molecule has 0 spiro atoms. The molecule has 134 valence electrons. The first-order valence-corrected chi connectivity index (χ1v) is 8.86. The average Bonchev–Trinajstić information content (AvgIpc) is 3.01. The van der Waals surface area contributed by atoms with Crippen LogP contribution < -0.4 is 9.47 Å². The van der Waals surface area contributed by atoms with Crippen LogP contribution in [0.1, 0.15) is 28.5 Å². The van der Waals surface area contributed by atoms with Gasteiger partial charge in [0.1, 0.15) is 17.2 Å². The fourth-order valence-electron chi connectivity index (χ4n) is 3.24. The van der Waals surface area contributed by atoms with E-state index >= 15 is 0 Å². The van der Waals surface area contributed by atoms with Crippen LogP contribution in [-0.2, 0) is 6.54 Å². The first kappa shape index (κ1) is 17.8. The van der Waals surface area contributed by atoms with Gasteiger partial charge in [0.25, 0.3) is 5.91 Å². The minimum Gasteiger partial charge on any atom is -0.497 e. The maximum atomic E-state index is 12.9. The van der Waals surface area contributed by atoms with Gasteiger partial charge in [-0.3, -0.25) is 4.79 Å². The molecule has 0 aliphatic carbocycles. The molecule has 1 N–H and O–H groups in total. The van der Waals surface area contributed by atoms with Crippen molar-refractivity contribution < 1.29 is 19.4 Å². The number of carbonyl (C=O) groups is 1. The number of methoxy groups -OCH3 is 2. The van der Waals surface area contributed by atoms with E-state index in [1.54, 1.807) is 19.1 Å². The first-order chi connectivity index (χ1) is 12.1. The van der Waals surface area contributed by atoms with Gasteiger partial charge in [-0.15, -0.1) is 0 Å². The third-order valence-corrected chi connectivity index (χ3v) is 5.14. The molecule has 1 aromatic heterocycles. The molecule has 0 saturated carbocycles. The molecule has 1 aliphatic heterocycles. The highest BCUT2D eigenvalue weighted by atomic mass is 79.9. The number of rotatable bonds is 6. The average molecular weight is 409 g/mol. The number of halogens is 1. The molecule has 1 aromatic carbocycles. The van der Waals surface area contributed by atoms with Gasteiger partial charge in [0.15, 0.2) is 0 Å². The molecule has 0 unspecified atom stereocenters. The van der Waals surface area contributed by atoms with Crippen molar-refractivity contribution in [2.75, 3.05) is 27.4 Å². The van der Waals surface area contributed by atoms with Gasteiger partial charge in [0.05, 0.1) is 24.9 Å². The van der Waals surface area contributed by atoms with Crippen molar-refractivity contribution in [2.24, 2.45) is 0 Å². The van der Waals surface area contributed by atoms with Crippen molar-refractivity contribution >= 4 is 21.8 Å². The second kappa shape index (κ2) is 7.49. The van der Waals surface area contributed by atoms with Crippen LogP contribution in [0, 0.1) is 0 Å². The van der Waals surface area contributed by atoms with E-state index in [0.717, 1.165) is 10.2 Å². The molecular formula is C18H21BrN2O4. The van der Waals surface area contributed by atoms with Gasteiger partial charge in [0.2, 0.25) is 0 Å². The van der Waals surface area contributed by atoms with Gasteiger partial charge in [-0.1, -0.05) is 0 Å². The van der Waals surface area contributed by atoms with Crippen molar-refractivity contribution in [3.63, 3.8) is 0 Å². The Morgan fingerprint density at radius 1 is 1.24 bits per heavy atom. The predicted molar refractivity (Wildman–Crippen MR) is 97.2 cm³/mol. The van der Waals surface area contributed by atoms with Crippen molar-refractivity contribution in [1.82, 2.24) is 9.47 Å². The number of carbonyl (C=O) groups excluding carboxylic acids is 1. The fraction of sp³-hybridized carbons (Fsp3) is 0.389. The SMILES string of the molecule is COc1ccc(CN2C[C@H](CCO)n3c(Br)ccc3C2=O)c(OC)c1. The van der Waals surface area contributed by atoms with Gasteiger partial charge >= 0.3 is 0 Å². The smallest absolute Gasteiger partial charge is 0.270 e. The lowest BCUT2D eigenvalue weighted by molar-refractivity contribution is 0.0633. The van der Waals surface area contributed by atoms with Crippen LogP contribution in [0.3, 0.4) is 0 Å². The van der Waals surface area contributed by atoms with Gasteiger partial charge in [0, 0.05) is 31.3 Å². The molecule has 1 aliphatic rings. The fourth-order valence-corrected chi connectivity index (χ4v) is 3.86. The Morgan fingerprint density at radius 2 is 2.04 bits per heavy atom. The lowest BCUT2D eigenvalue weighted by atomic mass is 10.1. The zero-order chi connectivity index (χ0) is 18.0. The maximum Gasteiger partial charge on any atom is 0.270 e. The quantitative estimate of drug-likeness (QED) is 0.797. The van der Waals surface area contributed by atoms with Gasteiger partial charge in [-0.2, -0.15) is 0 Å². The molecule has 6 nitrogen and oxygen atoms in total. The molecule has 7 heteroatoms. The summed E-state index contributed by atoms with van der Waals surface area (Å²) >= 11 is 3.49. The molecule has 2 heterocycles. The molecule has 0 bridgehead atoms. The Kier molecular flexibility index (Phi) is 5.34. The Hall–Kier alpha value is -1.99. The molecular weight excluding hydrogens is 388 g/mol. The van der Waals surface area contributed by atoms with Crippen LogP contribution in [0.5, 0.6) is 11.5 Å². The number of fused-ring (bicyclic) bond motifs is 1. The van der Waals surface area contributed by atoms with Crippen LogP contribution in [-0.4, -0.2) is 47.9 Å². The topological polar surface area (TPSA) is 63.9 Å². The number of aromatic nitrogens is 1. The van der Waals surface area contributed by atoms with Crippen LogP contribution in [0.25, 0.3) is 0 Å². The molecule has 2 aromatic rings. The van der Waals surface area contributed by atoms with Crippen molar-refractivity contribution in [2.45, 2.75) is 19.0 Å². The van der Waals surface area contributed by atoms with E-state index in [9.17, 15) is 9.90 Å². The first-order valence-electron chi connectivity index (χ1n) is 8.06. The number of hydrogen-bond donors (Lipinski definition) is 1. The second-order valence-electron chi connectivity index (χ2n) is 5.94. The lowest BCUT2D eigenvalue weighted by Gasteiger charge is -2.35. The summed E-state index contributed by atoms with van der Waals surface area (Å²) in [6.07, 6.45) is 0.587. The summed E-state index contributed by atoms with van der Waals surface area (Å²) in [7, 11) is 3.21. The molecule has 0 fully saturated rings. The Bertz CT molecular complexity index is 774. The zero-order valence-corrected chi connectivity index (χ0v) is 15.8. The maximum absolute atomic E-state index is 12.9. The largest absolute Gasteiger partial charge is 0.497 e. The molecule has 0 radical (unpaired) electrons. The minimum atomic E-state index is -0.0299. The third kappa shape index (κ3) is 3.39.